The van der Waals surface area contributed by atoms with E-state index < -0.39 is 0 Å². The fraction of sp³-hybridized carbons (Fsp3) is 0.400. The van der Waals surface area contributed by atoms with Gasteiger partial charge in [-0.25, -0.2) is 0 Å². The van der Waals surface area contributed by atoms with E-state index >= 15 is 0 Å². The molecule has 0 bridgehead atoms. The summed E-state index contributed by atoms with van der Waals surface area (Å²) in [5, 5.41) is 6.50. The van der Waals surface area contributed by atoms with Crippen LogP contribution in [-0.4, -0.2) is 66.3 Å². The first-order valence-electron chi connectivity index (χ1n) is 11.5. The number of hydrogen-bond donors (Lipinski definition) is 2. The molecular formula is C25H29ClN4O3. The molecule has 33 heavy (non-hydrogen) atoms. The van der Waals surface area contributed by atoms with Gasteiger partial charge in [-0.15, -0.1) is 0 Å². The molecule has 1 saturated heterocycles. The number of carbonyl (C=O) groups is 3. The molecule has 1 aliphatic carbocycles. The van der Waals surface area contributed by atoms with Crippen LogP contribution in [0.5, 0.6) is 0 Å². The van der Waals surface area contributed by atoms with Crippen LogP contribution in [0.2, 0.25) is 5.02 Å². The van der Waals surface area contributed by atoms with E-state index in [2.05, 4.69) is 10.6 Å². The normalized spacial score (nSPS) is 17.1. The van der Waals surface area contributed by atoms with Crippen LogP contribution in [0.4, 0.5) is 5.69 Å². The predicted molar refractivity (Wildman–Crippen MR) is 129 cm³/mol. The second kappa shape index (κ2) is 10.8. The molecule has 2 aromatic carbocycles. The van der Waals surface area contributed by atoms with Crippen LogP contribution < -0.4 is 10.6 Å². The Hall–Kier alpha value is -2.90. The maximum absolute atomic E-state index is 12.7. The highest BCUT2D eigenvalue weighted by Crippen LogP contribution is 2.20. The third kappa shape index (κ3) is 6.12. The van der Waals surface area contributed by atoms with Gasteiger partial charge < -0.3 is 15.5 Å². The molecule has 2 aromatic rings. The van der Waals surface area contributed by atoms with Gasteiger partial charge in [-0.1, -0.05) is 42.6 Å². The number of piperazine rings is 1. The molecule has 0 aromatic heterocycles. The van der Waals surface area contributed by atoms with Crippen LogP contribution >= 0.6 is 11.6 Å². The lowest BCUT2D eigenvalue weighted by Gasteiger charge is -2.34. The number of amides is 3. The number of nitrogens with one attached hydrogen (secondary N) is 2. The Morgan fingerprint density at radius 1 is 0.939 bits per heavy atom. The molecular weight excluding hydrogens is 440 g/mol. The summed E-state index contributed by atoms with van der Waals surface area (Å²) in [5.74, 6) is -0.375. The zero-order chi connectivity index (χ0) is 23.2. The van der Waals surface area contributed by atoms with Gasteiger partial charge in [0, 0.05) is 42.8 Å². The van der Waals surface area contributed by atoms with Crippen molar-refractivity contribution in [1.29, 1.82) is 0 Å². The fourth-order valence-electron chi connectivity index (χ4n) is 4.43. The largest absolute Gasteiger partial charge is 0.349 e. The Morgan fingerprint density at radius 3 is 2.39 bits per heavy atom. The second-order valence-corrected chi connectivity index (χ2v) is 9.06. The van der Waals surface area contributed by atoms with Gasteiger partial charge in [-0.05, 0) is 43.2 Å². The van der Waals surface area contributed by atoms with Crippen LogP contribution in [0, 0.1) is 0 Å². The Bertz CT molecular complexity index is 1010. The summed E-state index contributed by atoms with van der Waals surface area (Å²) in [4.78, 5) is 41.9. The van der Waals surface area contributed by atoms with Crippen molar-refractivity contribution in [1.82, 2.24) is 15.1 Å². The van der Waals surface area contributed by atoms with E-state index in [9.17, 15) is 14.4 Å². The highest BCUT2D eigenvalue weighted by atomic mass is 35.5. The number of benzene rings is 2. The molecule has 1 heterocycles. The molecule has 7 nitrogen and oxygen atoms in total. The van der Waals surface area contributed by atoms with Crippen molar-refractivity contribution in [3.63, 3.8) is 0 Å². The van der Waals surface area contributed by atoms with Crippen molar-refractivity contribution < 1.29 is 14.4 Å². The van der Waals surface area contributed by atoms with Crippen LogP contribution in [0.1, 0.15) is 46.4 Å². The summed E-state index contributed by atoms with van der Waals surface area (Å²) in [6, 6.07) is 14.2. The van der Waals surface area contributed by atoms with Gasteiger partial charge in [0.25, 0.3) is 11.8 Å². The zero-order valence-corrected chi connectivity index (χ0v) is 19.3. The van der Waals surface area contributed by atoms with E-state index in [0.29, 0.717) is 48.0 Å². The van der Waals surface area contributed by atoms with Crippen molar-refractivity contribution in [2.75, 3.05) is 38.0 Å². The molecule has 2 aliphatic rings. The van der Waals surface area contributed by atoms with Gasteiger partial charge in [0.15, 0.2) is 0 Å². The third-order valence-corrected chi connectivity index (χ3v) is 6.47. The molecule has 1 aliphatic heterocycles. The molecule has 8 heteroatoms. The van der Waals surface area contributed by atoms with Crippen molar-refractivity contribution in [3.8, 4) is 0 Å². The minimum Gasteiger partial charge on any atom is -0.349 e. The first kappa shape index (κ1) is 23.3. The van der Waals surface area contributed by atoms with Crippen LogP contribution in [0.25, 0.3) is 0 Å². The third-order valence-electron chi connectivity index (χ3n) is 6.23. The molecule has 0 atom stereocenters. The first-order valence-corrected chi connectivity index (χ1v) is 11.8. The average Bonchev–Trinajstić information content (AvgIpc) is 3.32. The van der Waals surface area contributed by atoms with Crippen LogP contribution in [-0.2, 0) is 4.79 Å². The first-order chi connectivity index (χ1) is 16.0. The number of rotatable bonds is 6. The van der Waals surface area contributed by atoms with Gasteiger partial charge in [0.1, 0.15) is 0 Å². The Labute approximate surface area is 199 Å². The number of para-hydroxylation sites is 1. The maximum Gasteiger partial charge on any atom is 0.253 e. The molecule has 2 N–H and O–H groups in total. The Kier molecular flexibility index (Phi) is 7.62. The molecule has 2 fully saturated rings. The monoisotopic (exact) mass is 468 g/mol. The highest BCUT2D eigenvalue weighted by molar-refractivity contribution is 6.30. The van der Waals surface area contributed by atoms with Gasteiger partial charge in [-0.3, -0.25) is 19.3 Å². The van der Waals surface area contributed by atoms with Crippen molar-refractivity contribution in [2.45, 2.75) is 31.7 Å². The Morgan fingerprint density at radius 2 is 1.67 bits per heavy atom. The highest BCUT2D eigenvalue weighted by Gasteiger charge is 2.24. The van der Waals surface area contributed by atoms with E-state index in [1.807, 2.05) is 11.0 Å². The molecule has 174 valence electrons. The zero-order valence-electron chi connectivity index (χ0n) is 18.6. The average molecular weight is 469 g/mol. The fourth-order valence-corrected chi connectivity index (χ4v) is 4.62. The predicted octanol–water partition coefficient (Wildman–Crippen LogP) is 3.41. The van der Waals surface area contributed by atoms with Crippen molar-refractivity contribution in [2.24, 2.45) is 0 Å². The summed E-state index contributed by atoms with van der Waals surface area (Å²) in [7, 11) is 0. The van der Waals surface area contributed by atoms with Crippen molar-refractivity contribution >= 4 is 35.0 Å². The minimum absolute atomic E-state index is 0.0520. The smallest absolute Gasteiger partial charge is 0.253 e. The molecule has 4 rings (SSSR count). The number of hydrogen-bond acceptors (Lipinski definition) is 4. The minimum atomic E-state index is -0.175. The molecule has 0 spiro atoms. The molecule has 0 unspecified atom stereocenters. The van der Waals surface area contributed by atoms with Crippen molar-refractivity contribution in [3.05, 3.63) is 64.7 Å². The van der Waals surface area contributed by atoms with Crippen LogP contribution in [0.3, 0.4) is 0 Å². The van der Waals surface area contributed by atoms with Gasteiger partial charge in [-0.2, -0.15) is 0 Å². The van der Waals surface area contributed by atoms with E-state index in [4.69, 9.17) is 11.6 Å². The standard InChI is InChI=1S/C25H29ClN4O3/c26-19-7-5-6-18(16-19)25(33)30-14-12-29(13-15-30)17-23(31)28-22-11-4-3-10-21(22)24(32)27-20-8-1-2-9-20/h3-7,10-11,16,20H,1-2,8-9,12-15,17H2,(H,27,32)(H,28,31). The summed E-state index contributed by atoms with van der Waals surface area (Å²) in [6.07, 6.45) is 4.29. The Balaban J connectivity index is 1.28. The number of halogens is 1. The van der Waals surface area contributed by atoms with E-state index in [1.54, 1.807) is 47.4 Å². The summed E-state index contributed by atoms with van der Waals surface area (Å²) in [5.41, 5.74) is 1.57. The maximum atomic E-state index is 12.7. The summed E-state index contributed by atoms with van der Waals surface area (Å²) < 4.78 is 0. The summed E-state index contributed by atoms with van der Waals surface area (Å²) >= 11 is 6.00. The SMILES string of the molecule is O=C(CN1CCN(C(=O)c2cccc(Cl)c2)CC1)Nc1ccccc1C(=O)NC1CCCC1. The van der Waals surface area contributed by atoms with E-state index in [1.165, 1.54) is 0 Å². The topological polar surface area (TPSA) is 81.8 Å². The quantitative estimate of drug-likeness (QED) is 0.680. The number of carbonyl (C=O) groups excluding carboxylic acids is 3. The lowest BCUT2D eigenvalue weighted by molar-refractivity contribution is -0.117. The number of anilines is 1. The summed E-state index contributed by atoms with van der Waals surface area (Å²) in [6.45, 7) is 2.49. The molecule has 3 amide bonds. The van der Waals surface area contributed by atoms with Gasteiger partial charge in [0.2, 0.25) is 5.91 Å². The van der Waals surface area contributed by atoms with E-state index in [-0.39, 0.29) is 30.3 Å². The van der Waals surface area contributed by atoms with Crippen LogP contribution in [0.15, 0.2) is 48.5 Å². The molecule has 0 radical (unpaired) electrons. The molecule has 1 saturated carbocycles. The van der Waals surface area contributed by atoms with E-state index in [0.717, 1.165) is 25.7 Å². The lowest BCUT2D eigenvalue weighted by atomic mass is 10.1. The van der Waals surface area contributed by atoms with Gasteiger partial charge in [0.05, 0.1) is 17.8 Å². The van der Waals surface area contributed by atoms with Gasteiger partial charge >= 0.3 is 0 Å². The number of nitrogens with zero attached hydrogens (tertiary/aromatic N) is 2. The lowest BCUT2D eigenvalue weighted by Crippen LogP contribution is -2.50. The second-order valence-electron chi connectivity index (χ2n) is 8.63.